The minimum atomic E-state index is -0.167. The first-order chi connectivity index (χ1) is 13.9. The van der Waals surface area contributed by atoms with Gasteiger partial charge in [0.1, 0.15) is 0 Å². The highest BCUT2D eigenvalue weighted by molar-refractivity contribution is 9.10. The van der Waals surface area contributed by atoms with Gasteiger partial charge in [0, 0.05) is 22.8 Å². The molecule has 7 nitrogen and oxygen atoms in total. The van der Waals surface area contributed by atoms with Gasteiger partial charge in [-0.15, -0.1) is 10.2 Å². The van der Waals surface area contributed by atoms with Crippen LogP contribution in [-0.4, -0.2) is 32.3 Å². The lowest BCUT2D eigenvalue weighted by molar-refractivity contribution is -0.113. The fraction of sp³-hybridized carbons (Fsp3) is 0.200. The van der Waals surface area contributed by atoms with Gasteiger partial charge in [-0.25, -0.2) is 0 Å². The summed E-state index contributed by atoms with van der Waals surface area (Å²) < 4.78 is 2.72. The van der Waals surface area contributed by atoms with Crippen LogP contribution < -0.4 is 10.6 Å². The summed E-state index contributed by atoms with van der Waals surface area (Å²) in [6.07, 6.45) is 0. The molecule has 29 heavy (non-hydrogen) atoms. The molecule has 150 valence electrons. The van der Waals surface area contributed by atoms with Crippen molar-refractivity contribution in [2.75, 3.05) is 11.1 Å². The van der Waals surface area contributed by atoms with Gasteiger partial charge >= 0.3 is 0 Å². The van der Waals surface area contributed by atoms with E-state index in [2.05, 4.69) is 36.8 Å². The number of anilines is 1. The van der Waals surface area contributed by atoms with Crippen molar-refractivity contribution in [3.05, 3.63) is 70.0 Å². The molecular formula is C20H20BrN5O2S. The molecule has 0 saturated heterocycles. The Morgan fingerprint density at radius 1 is 1.14 bits per heavy atom. The first kappa shape index (κ1) is 21.1. The van der Waals surface area contributed by atoms with Crippen LogP contribution >= 0.6 is 27.7 Å². The summed E-state index contributed by atoms with van der Waals surface area (Å²) in [6.45, 7) is 2.19. The third-order valence-corrected chi connectivity index (χ3v) is 5.62. The summed E-state index contributed by atoms with van der Waals surface area (Å²) >= 11 is 4.65. The number of aryl methyl sites for hydroxylation is 1. The van der Waals surface area contributed by atoms with E-state index in [4.69, 9.17) is 0 Å². The van der Waals surface area contributed by atoms with Gasteiger partial charge in [0.2, 0.25) is 5.91 Å². The Labute approximate surface area is 181 Å². The molecule has 0 aliphatic carbocycles. The van der Waals surface area contributed by atoms with Crippen LogP contribution in [0.5, 0.6) is 0 Å². The molecule has 0 bridgehead atoms. The highest BCUT2D eigenvalue weighted by Crippen LogP contribution is 2.18. The number of nitrogens with one attached hydrogen (secondary N) is 2. The number of hydrogen-bond donors (Lipinski definition) is 2. The van der Waals surface area contributed by atoms with E-state index in [0.717, 1.165) is 15.7 Å². The Bertz CT molecular complexity index is 1020. The van der Waals surface area contributed by atoms with Gasteiger partial charge in [-0.3, -0.25) is 9.59 Å². The first-order valence-electron chi connectivity index (χ1n) is 8.84. The van der Waals surface area contributed by atoms with E-state index in [9.17, 15) is 9.59 Å². The molecule has 1 aromatic heterocycles. The molecule has 3 rings (SSSR count). The van der Waals surface area contributed by atoms with E-state index in [1.54, 1.807) is 10.6 Å². The Hall–Kier alpha value is -2.65. The molecular weight excluding hydrogens is 454 g/mol. The van der Waals surface area contributed by atoms with E-state index in [1.807, 2.05) is 56.4 Å². The van der Waals surface area contributed by atoms with Crippen molar-refractivity contribution in [2.45, 2.75) is 18.6 Å². The number of nitrogens with zero attached hydrogens (tertiary/aromatic N) is 3. The van der Waals surface area contributed by atoms with E-state index < -0.39 is 0 Å². The van der Waals surface area contributed by atoms with Crippen molar-refractivity contribution in [3.8, 4) is 0 Å². The van der Waals surface area contributed by atoms with Gasteiger partial charge < -0.3 is 15.2 Å². The molecule has 0 radical (unpaired) electrons. The summed E-state index contributed by atoms with van der Waals surface area (Å²) in [6, 6.07) is 14.8. The second kappa shape index (κ2) is 9.71. The molecule has 0 aliphatic heterocycles. The highest BCUT2D eigenvalue weighted by atomic mass is 79.9. The average molecular weight is 474 g/mol. The van der Waals surface area contributed by atoms with Crippen LogP contribution in [0.25, 0.3) is 0 Å². The summed E-state index contributed by atoms with van der Waals surface area (Å²) in [5.74, 6) is 0.522. The molecule has 0 fully saturated rings. The minimum Gasteiger partial charge on any atom is -0.345 e. The molecule has 3 aromatic rings. The minimum absolute atomic E-state index is 0.130. The number of carbonyl (C=O) groups is 2. The molecule has 2 aromatic carbocycles. The number of amides is 2. The standard InChI is InChI=1S/C20H20BrN5O2S/c1-13-4-3-5-14(10-13)19(28)22-11-17-24-25-20(26(17)2)29-12-18(27)23-16-8-6-15(21)7-9-16/h3-10H,11-12H2,1-2H3,(H,22,28)(H,23,27). The Kier molecular flexibility index (Phi) is 7.05. The number of rotatable bonds is 7. The van der Waals surface area contributed by atoms with Crippen LogP contribution in [0.4, 0.5) is 5.69 Å². The van der Waals surface area contributed by atoms with Crippen molar-refractivity contribution in [1.29, 1.82) is 0 Å². The fourth-order valence-electron chi connectivity index (χ4n) is 2.53. The van der Waals surface area contributed by atoms with Crippen molar-refractivity contribution in [3.63, 3.8) is 0 Å². The molecule has 0 atom stereocenters. The number of halogens is 1. The van der Waals surface area contributed by atoms with Gasteiger partial charge in [0.25, 0.3) is 5.91 Å². The van der Waals surface area contributed by atoms with Gasteiger partial charge in [-0.2, -0.15) is 0 Å². The molecule has 0 unspecified atom stereocenters. The summed E-state index contributed by atoms with van der Waals surface area (Å²) in [7, 11) is 1.81. The highest BCUT2D eigenvalue weighted by Gasteiger charge is 2.13. The Balaban J connectivity index is 1.51. The number of benzene rings is 2. The predicted octanol–water partition coefficient (Wildman–Crippen LogP) is 3.55. The smallest absolute Gasteiger partial charge is 0.251 e. The van der Waals surface area contributed by atoms with Crippen molar-refractivity contribution in [2.24, 2.45) is 7.05 Å². The van der Waals surface area contributed by atoms with E-state index >= 15 is 0 Å². The Morgan fingerprint density at radius 3 is 2.62 bits per heavy atom. The van der Waals surface area contributed by atoms with Gasteiger partial charge in [-0.1, -0.05) is 45.4 Å². The third kappa shape index (κ3) is 5.91. The average Bonchev–Trinajstić information content (AvgIpc) is 3.06. The number of aromatic nitrogens is 3. The zero-order valence-corrected chi connectivity index (χ0v) is 18.4. The maximum Gasteiger partial charge on any atom is 0.251 e. The van der Waals surface area contributed by atoms with E-state index in [0.29, 0.717) is 16.5 Å². The Morgan fingerprint density at radius 2 is 1.90 bits per heavy atom. The van der Waals surface area contributed by atoms with Crippen LogP contribution in [0.1, 0.15) is 21.7 Å². The van der Waals surface area contributed by atoms with Crippen molar-refractivity contribution < 1.29 is 9.59 Å². The summed E-state index contributed by atoms with van der Waals surface area (Å²) in [5, 5.41) is 14.5. The van der Waals surface area contributed by atoms with E-state index in [1.165, 1.54) is 11.8 Å². The molecule has 0 aliphatic rings. The molecule has 2 amide bonds. The largest absolute Gasteiger partial charge is 0.345 e. The molecule has 2 N–H and O–H groups in total. The molecule has 1 heterocycles. The van der Waals surface area contributed by atoms with Gasteiger partial charge in [0.05, 0.1) is 12.3 Å². The van der Waals surface area contributed by atoms with Gasteiger partial charge in [0.15, 0.2) is 11.0 Å². The maximum atomic E-state index is 12.3. The van der Waals surface area contributed by atoms with Crippen LogP contribution in [-0.2, 0) is 18.4 Å². The first-order valence-corrected chi connectivity index (χ1v) is 10.6. The predicted molar refractivity (Wildman–Crippen MR) is 117 cm³/mol. The normalized spacial score (nSPS) is 10.6. The zero-order valence-electron chi connectivity index (χ0n) is 16.0. The molecule has 0 saturated carbocycles. The lowest BCUT2D eigenvalue weighted by Crippen LogP contribution is -2.24. The van der Waals surface area contributed by atoms with Crippen LogP contribution in [0.2, 0.25) is 0 Å². The second-order valence-electron chi connectivity index (χ2n) is 6.35. The fourth-order valence-corrected chi connectivity index (χ4v) is 3.53. The van der Waals surface area contributed by atoms with Crippen LogP contribution in [0.3, 0.4) is 0 Å². The third-order valence-electron chi connectivity index (χ3n) is 4.07. The van der Waals surface area contributed by atoms with Crippen LogP contribution in [0.15, 0.2) is 58.2 Å². The summed E-state index contributed by atoms with van der Waals surface area (Å²) in [4.78, 5) is 24.4. The molecule has 9 heteroatoms. The van der Waals surface area contributed by atoms with Crippen molar-refractivity contribution in [1.82, 2.24) is 20.1 Å². The summed E-state index contributed by atoms with van der Waals surface area (Å²) in [5.41, 5.74) is 2.36. The SMILES string of the molecule is Cc1cccc(C(=O)NCc2nnc(SCC(=O)Nc3ccc(Br)cc3)n2C)c1. The lowest BCUT2D eigenvalue weighted by Gasteiger charge is -2.07. The quantitative estimate of drug-likeness (QED) is 0.512. The number of hydrogen-bond acceptors (Lipinski definition) is 5. The van der Waals surface area contributed by atoms with Gasteiger partial charge in [-0.05, 0) is 43.3 Å². The van der Waals surface area contributed by atoms with E-state index in [-0.39, 0.29) is 24.1 Å². The topological polar surface area (TPSA) is 88.9 Å². The molecule has 0 spiro atoms. The monoisotopic (exact) mass is 473 g/mol. The second-order valence-corrected chi connectivity index (χ2v) is 8.21. The maximum absolute atomic E-state index is 12.3. The number of thioether (sulfide) groups is 1. The van der Waals surface area contributed by atoms with Crippen LogP contribution in [0, 0.1) is 6.92 Å². The lowest BCUT2D eigenvalue weighted by atomic mass is 10.1. The number of carbonyl (C=O) groups excluding carboxylic acids is 2. The van der Waals surface area contributed by atoms with Crippen molar-refractivity contribution >= 4 is 45.2 Å². The zero-order chi connectivity index (χ0) is 20.8.